The third-order valence-corrected chi connectivity index (χ3v) is 3.47. The smallest absolute Gasteiger partial charge is 0.0248 e. The van der Waals surface area contributed by atoms with E-state index in [0.29, 0.717) is 0 Å². The summed E-state index contributed by atoms with van der Waals surface area (Å²) >= 11 is 0. The van der Waals surface area contributed by atoms with Gasteiger partial charge in [-0.1, -0.05) is 48.0 Å². The highest BCUT2D eigenvalue weighted by Crippen LogP contribution is 2.37. The lowest BCUT2D eigenvalue weighted by Crippen LogP contribution is -1.78. The standard InChI is InChI=1S/C13H11P/c1-3-7-13(8-4-1)9-12-14-10-5-2-6-11-14/h1-8,10H,11H2. The predicted octanol–water partition coefficient (Wildman–Crippen LogP) is 3.56. The molecule has 0 radical (unpaired) electrons. The summed E-state index contributed by atoms with van der Waals surface area (Å²) in [5.74, 6) is 5.42. The zero-order valence-electron chi connectivity index (χ0n) is 7.85. The van der Waals surface area contributed by atoms with Crippen molar-refractivity contribution in [3.8, 4) is 11.6 Å². The van der Waals surface area contributed by atoms with Crippen LogP contribution in [0.2, 0.25) is 0 Å². The summed E-state index contributed by atoms with van der Waals surface area (Å²) in [5, 5.41) is 0. The van der Waals surface area contributed by atoms with Crippen molar-refractivity contribution in [2.24, 2.45) is 0 Å². The average Bonchev–Trinajstić information content (AvgIpc) is 2.29. The Bertz CT molecular complexity index is 404. The van der Waals surface area contributed by atoms with Crippen molar-refractivity contribution >= 4 is 7.92 Å². The number of hydrogen-bond donors (Lipinski definition) is 0. The van der Waals surface area contributed by atoms with Gasteiger partial charge < -0.3 is 0 Å². The van der Waals surface area contributed by atoms with E-state index in [1.807, 2.05) is 30.3 Å². The van der Waals surface area contributed by atoms with Gasteiger partial charge in [-0.15, -0.1) is 0 Å². The van der Waals surface area contributed by atoms with Crippen molar-refractivity contribution in [2.45, 2.75) is 0 Å². The van der Waals surface area contributed by atoms with Crippen LogP contribution in [0.5, 0.6) is 0 Å². The number of hydrogen-bond acceptors (Lipinski definition) is 0. The summed E-state index contributed by atoms with van der Waals surface area (Å²) in [6, 6.07) is 10.2. The van der Waals surface area contributed by atoms with Crippen LogP contribution in [0.3, 0.4) is 0 Å². The molecule has 0 aliphatic carbocycles. The Hall–Kier alpha value is -1.31. The van der Waals surface area contributed by atoms with Gasteiger partial charge in [0, 0.05) is 19.6 Å². The van der Waals surface area contributed by atoms with Gasteiger partial charge in [0.25, 0.3) is 0 Å². The lowest BCUT2D eigenvalue weighted by molar-refractivity contribution is 1.65. The first-order valence-corrected chi connectivity index (χ1v) is 6.21. The quantitative estimate of drug-likeness (QED) is 0.441. The van der Waals surface area contributed by atoms with Crippen LogP contribution >= 0.6 is 7.92 Å². The molecule has 14 heavy (non-hydrogen) atoms. The number of rotatable bonds is 0. The highest BCUT2D eigenvalue weighted by atomic mass is 31.1. The van der Waals surface area contributed by atoms with Crippen molar-refractivity contribution in [1.29, 1.82) is 0 Å². The van der Waals surface area contributed by atoms with Gasteiger partial charge in [0.1, 0.15) is 0 Å². The Balaban J connectivity index is 2.07. The lowest BCUT2D eigenvalue weighted by atomic mass is 10.2. The molecule has 1 unspecified atom stereocenters. The lowest BCUT2D eigenvalue weighted by Gasteiger charge is -2.03. The third kappa shape index (κ3) is 2.59. The first-order valence-electron chi connectivity index (χ1n) is 4.62. The molecule has 1 heterocycles. The molecule has 1 atom stereocenters. The Kier molecular flexibility index (Phi) is 3.17. The zero-order chi connectivity index (χ0) is 9.64. The van der Waals surface area contributed by atoms with Gasteiger partial charge in [0.05, 0.1) is 0 Å². The maximum absolute atomic E-state index is 3.31. The molecular formula is C13H11P. The molecule has 0 aromatic heterocycles. The molecule has 0 saturated carbocycles. The fourth-order valence-corrected chi connectivity index (χ4v) is 2.42. The predicted molar refractivity (Wildman–Crippen MR) is 63.4 cm³/mol. The highest BCUT2D eigenvalue weighted by Gasteiger charge is 1.98. The second-order valence-electron chi connectivity index (χ2n) is 3.02. The Morgan fingerprint density at radius 3 is 2.64 bits per heavy atom. The van der Waals surface area contributed by atoms with Crippen molar-refractivity contribution < 1.29 is 0 Å². The van der Waals surface area contributed by atoms with E-state index >= 15 is 0 Å². The van der Waals surface area contributed by atoms with E-state index in [1.165, 1.54) is 0 Å². The summed E-state index contributed by atoms with van der Waals surface area (Å²) in [6.45, 7) is 0. The maximum atomic E-state index is 3.31. The molecule has 1 aliphatic rings. The van der Waals surface area contributed by atoms with Crippen molar-refractivity contribution in [1.82, 2.24) is 0 Å². The van der Waals surface area contributed by atoms with E-state index in [9.17, 15) is 0 Å². The molecular weight excluding hydrogens is 187 g/mol. The molecule has 2 rings (SSSR count). The molecule has 0 spiro atoms. The molecule has 0 bridgehead atoms. The van der Waals surface area contributed by atoms with E-state index < -0.39 is 0 Å². The van der Waals surface area contributed by atoms with Crippen LogP contribution < -0.4 is 0 Å². The molecule has 1 aromatic rings. The first kappa shape index (κ1) is 9.25. The summed E-state index contributed by atoms with van der Waals surface area (Å²) < 4.78 is 0. The topological polar surface area (TPSA) is 0 Å². The average molecular weight is 198 g/mol. The summed E-state index contributed by atoms with van der Waals surface area (Å²) in [5.41, 5.74) is 4.42. The highest BCUT2D eigenvalue weighted by molar-refractivity contribution is 7.66. The van der Waals surface area contributed by atoms with E-state index in [0.717, 1.165) is 11.7 Å². The summed E-state index contributed by atoms with van der Waals surface area (Å²) in [6.07, 6.45) is 7.47. The van der Waals surface area contributed by atoms with Crippen LogP contribution in [-0.4, -0.2) is 6.16 Å². The van der Waals surface area contributed by atoms with Gasteiger partial charge in [0.2, 0.25) is 0 Å². The largest absolute Gasteiger partial charge is 0.0790 e. The summed E-state index contributed by atoms with van der Waals surface area (Å²) in [4.78, 5) is 0. The molecule has 0 N–H and O–H groups in total. The van der Waals surface area contributed by atoms with Crippen LogP contribution in [-0.2, 0) is 0 Å². The summed E-state index contributed by atoms with van der Waals surface area (Å²) in [7, 11) is -0.224. The van der Waals surface area contributed by atoms with Crippen LogP contribution in [0.15, 0.2) is 54.4 Å². The Morgan fingerprint density at radius 1 is 1.07 bits per heavy atom. The molecule has 0 fully saturated rings. The van der Waals surface area contributed by atoms with Gasteiger partial charge in [-0.3, -0.25) is 0 Å². The van der Waals surface area contributed by atoms with Gasteiger partial charge in [-0.2, -0.15) is 0 Å². The minimum Gasteiger partial charge on any atom is -0.0790 e. The van der Waals surface area contributed by atoms with Crippen LogP contribution in [0.1, 0.15) is 5.56 Å². The molecule has 1 heteroatoms. The minimum absolute atomic E-state index is 0.224. The van der Waals surface area contributed by atoms with E-state index in [4.69, 9.17) is 0 Å². The number of benzene rings is 1. The Morgan fingerprint density at radius 2 is 1.93 bits per heavy atom. The second kappa shape index (κ2) is 4.80. The van der Waals surface area contributed by atoms with E-state index in [2.05, 4.69) is 35.6 Å². The van der Waals surface area contributed by atoms with Crippen molar-refractivity contribution in [3.05, 3.63) is 59.9 Å². The third-order valence-electron chi connectivity index (χ3n) is 1.93. The molecule has 68 valence electrons. The maximum Gasteiger partial charge on any atom is 0.0248 e. The molecule has 0 amide bonds. The van der Waals surface area contributed by atoms with Gasteiger partial charge in [-0.25, -0.2) is 0 Å². The molecule has 1 aromatic carbocycles. The van der Waals surface area contributed by atoms with Crippen LogP contribution in [0.25, 0.3) is 0 Å². The van der Waals surface area contributed by atoms with E-state index in [1.54, 1.807) is 0 Å². The number of allylic oxidation sites excluding steroid dienone is 3. The fraction of sp³-hybridized carbons (Fsp3) is 0.0769. The van der Waals surface area contributed by atoms with E-state index in [-0.39, 0.29) is 7.92 Å². The fourth-order valence-electron chi connectivity index (χ4n) is 1.21. The molecule has 0 saturated heterocycles. The van der Waals surface area contributed by atoms with Crippen molar-refractivity contribution in [2.75, 3.05) is 6.16 Å². The van der Waals surface area contributed by atoms with Crippen LogP contribution in [0, 0.1) is 11.6 Å². The molecule has 1 aliphatic heterocycles. The van der Waals surface area contributed by atoms with Gasteiger partial charge in [-0.05, 0) is 17.9 Å². The first-order chi connectivity index (χ1) is 6.95. The van der Waals surface area contributed by atoms with Crippen LogP contribution in [0.4, 0.5) is 0 Å². The Labute approximate surface area is 86.1 Å². The van der Waals surface area contributed by atoms with Crippen molar-refractivity contribution in [3.63, 3.8) is 0 Å². The monoisotopic (exact) mass is 198 g/mol. The van der Waals surface area contributed by atoms with Gasteiger partial charge in [0.15, 0.2) is 0 Å². The second-order valence-corrected chi connectivity index (χ2v) is 4.85. The zero-order valence-corrected chi connectivity index (χ0v) is 8.74. The normalized spacial score (nSPS) is 18.7. The molecule has 0 nitrogen and oxygen atoms in total. The minimum atomic E-state index is -0.224. The van der Waals surface area contributed by atoms with Gasteiger partial charge >= 0.3 is 0 Å². The SMILES string of the molecule is C(#CP1C=CC=CC1)c1ccccc1.